The number of carbonyl (C=O) groups excluding carboxylic acids is 1. The molecule has 23 heavy (non-hydrogen) atoms. The van der Waals surface area contributed by atoms with Gasteiger partial charge in [0.15, 0.2) is 5.69 Å². The first-order chi connectivity index (χ1) is 11.2. The van der Waals surface area contributed by atoms with E-state index in [1.807, 2.05) is 0 Å². The highest BCUT2D eigenvalue weighted by atomic mass is 19.1. The molecule has 0 spiro atoms. The molecule has 0 atom stereocenters. The Balaban J connectivity index is 1.80. The van der Waals surface area contributed by atoms with Gasteiger partial charge in [0.25, 0.3) is 5.91 Å². The lowest BCUT2D eigenvalue weighted by molar-refractivity contribution is 0.102. The first-order valence-corrected chi connectivity index (χ1v) is 6.71. The van der Waals surface area contributed by atoms with Crippen LogP contribution in [0, 0.1) is 5.82 Å². The van der Waals surface area contributed by atoms with Gasteiger partial charge in [0.05, 0.1) is 30.4 Å². The molecule has 0 fully saturated rings. The Labute approximate surface area is 130 Å². The van der Waals surface area contributed by atoms with Gasteiger partial charge >= 0.3 is 0 Å². The second-order valence-electron chi connectivity index (χ2n) is 4.64. The molecule has 8 heteroatoms. The number of hydrogen-bond acceptors (Lipinski definition) is 5. The predicted molar refractivity (Wildman–Crippen MR) is 79.4 cm³/mol. The van der Waals surface area contributed by atoms with Gasteiger partial charge < -0.3 is 10.4 Å². The Morgan fingerprint density at radius 1 is 1.22 bits per heavy atom. The van der Waals surface area contributed by atoms with Gasteiger partial charge in [-0.15, -0.1) is 5.10 Å². The molecule has 3 rings (SSSR count). The molecule has 1 amide bonds. The number of pyridine rings is 1. The number of amides is 1. The van der Waals surface area contributed by atoms with Gasteiger partial charge in [0.2, 0.25) is 0 Å². The number of halogens is 1. The number of hydrogen-bond donors (Lipinski definition) is 2. The molecule has 2 N–H and O–H groups in total. The molecule has 0 saturated carbocycles. The van der Waals surface area contributed by atoms with E-state index < -0.39 is 5.91 Å². The highest BCUT2D eigenvalue weighted by molar-refractivity contribution is 6.02. The summed E-state index contributed by atoms with van der Waals surface area (Å²) >= 11 is 0. The lowest BCUT2D eigenvalue weighted by Crippen LogP contribution is -2.14. The monoisotopic (exact) mass is 313 g/mol. The Bertz CT molecular complexity index is 832. The van der Waals surface area contributed by atoms with Crippen LogP contribution in [-0.2, 0) is 6.61 Å². The van der Waals surface area contributed by atoms with Crippen molar-refractivity contribution in [3.63, 3.8) is 0 Å². The standard InChI is InChI=1S/C15H12FN5O2/c16-11-1-3-12(4-2-11)21-18-8-14(20-21)15(23)19-13-7-17-6-5-10(13)9-22/h1-8,22H,9H2,(H,19,23). The SMILES string of the molecule is O=C(Nc1cnccc1CO)c1cnn(-c2ccc(F)cc2)n1. The van der Waals surface area contributed by atoms with Crippen molar-refractivity contribution in [2.75, 3.05) is 5.32 Å². The van der Waals surface area contributed by atoms with Crippen LogP contribution in [0.1, 0.15) is 16.1 Å². The second kappa shape index (κ2) is 6.32. The number of aromatic nitrogens is 4. The maximum atomic E-state index is 12.9. The van der Waals surface area contributed by atoms with Crippen molar-refractivity contribution in [2.45, 2.75) is 6.61 Å². The van der Waals surface area contributed by atoms with E-state index in [0.29, 0.717) is 16.9 Å². The van der Waals surface area contributed by atoms with E-state index in [9.17, 15) is 14.3 Å². The van der Waals surface area contributed by atoms with E-state index in [1.165, 1.54) is 47.7 Å². The largest absolute Gasteiger partial charge is 0.392 e. The van der Waals surface area contributed by atoms with Gasteiger partial charge in [-0.2, -0.15) is 9.90 Å². The van der Waals surface area contributed by atoms with Crippen LogP contribution in [0.15, 0.2) is 48.9 Å². The van der Waals surface area contributed by atoms with E-state index in [-0.39, 0.29) is 18.1 Å². The molecule has 0 unspecified atom stereocenters. The van der Waals surface area contributed by atoms with Gasteiger partial charge in [-0.25, -0.2) is 4.39 Å². The summed E-state index contributed by atoms with van der Waals surface area (Å²) in [7, 11) is 0. The molecule has 1 aromatic carbocycles. The van der Waals surface area contributed by atoms with Crippen molar-refractivity contribution in [3.8, 4) is 5.69 Å². The molecule has 3 aromatic rings. The number of anilines is 1. The smallest absolute Gasteiger partial charge is 0.277 e. The van der Waals surface area contributed by atoms with Gasteiger partial charge in [0, 0.05) is 11.8 Å². The van der Waals surface area contributed by atoms with Crippen molar-refractivity contribution in [1.29, 1.82) is 0 Å². The van der Waals surface area contributed by atoms with Gasteiger partial charge in [-0.05, 0) is 30.3 Å². The Morgan fingerprint density at radius 3 is 2.74 bits per heavy atom. The molecule has 0 radical (unpaired) electrons. The van der Waals surface area contributed by atoms with E-state index in [2.05, 4.69) is 20.5 Å². The Kier molecular flexibility index (Phi) is 4.07. The summed E-state index contributed by atoms with van der Waals surface area (Å²) < 4.78 is 12.9. The first kappa shape index (κ1) is 14.8. The predicted octanol–water partition coefficient (Wildman–Crippen LogP) is 1.55. The molecule has 116 valence electrons. The fraction of sp³-hybridized carbons (Fsp3) is 0.0667. The minimum atomic E-state index is -0.485. The molecule has 2 heterocycles. The second-order valence-corrected chi connectivity index (χ2v) is 4.64. The molecule has 0 bridgehead atoms. The van der Waals surface area contributed by atoms with Crippen LogP contribution in [0.5, 0.6) is 0 Å². The van der Waals surface area contributed by atoms with Crippen LogP contribution in [0.4, 0.5) is 10.1 Å². The number of carbonyl (C=O) groups is 1. The summed E-state index contributed by atoms with van der Waals surface area (Å²) in [6.07, 6.45) is 4.26. The first-order valence-electron chi connectivity index (χ1n) is 6.71. The zero-order chi connectivity index (χ0) is 16.2. The van der Waals surface area contributed by atoms with E-state index >= 15 is 0 Å². The van der Waals surface area contributed by atoms with Crippen molar-refractivity contribution >= 4 is 11.6 Å². The fourth-order valence-corrected chi connectivity index (χ4v) is 1.93. The van der Waals surface area contributed by atoms with Crippen molar-refractivity contribution in [1.82, 2.24) is 20.0 Å². The van der Waals surface area contributed by atoms with Crippen molar-refractivity contribution < 1.29 is 14.3 Å². The lowest BCUT2D eigenvalue weighted by Gasteiger charge is -2.06. The van der Waals surface area contributed by atoms with E-state index in [0.717, 1.165) is 0 Å². The summed E-state index contributed by atoms with van der Waals surface area (Å²) in [6, 6.07) is 7.16. The molecule has 0 aliphatic heterocycles. The summed E-state index contributed by atoms with van der Waals surface area (Å²) in [5, 5.41) is 19.9. The average molecular weight is 313 g/mol. The third-order valence-corrected chi connectivity index (χ3v) is 3.11. The maximum Gasteiger partial charge on any atom is 0.277 e. The number of aliphatic hydroxyl groups excluding tert-OH is 1. The number of nitrogens with one attached hydrogen (secondary N) is 1. The highest BCUT2D eigenvalue weighted by Gasteiger charge is 2.13. The number of rotatable bonds is 4. The van der Waals surface area contributed by atoms with Crippen LogP contribution in [-0.4, -0.2) is 31.0 Å². The normalized spacial score (nSPS) is 10.5. The van der Waals surface area contributed by atoms with Gasteiger partial charge in [-0.3, -0.25) is 9.78 Å². The third-order valence-electron chi connectivity index (χ3n) is 3.11. The summed E-state index contributed by atoms with van der Waals surface area (Å²) in [5.74, 6) is -0.854. The van der Waals surface area contributed by atoms with E-state index in [4.69, 9.17) is 0 Å². The number of benzene rings is 1. The third kappa shape index (κ3) is 3.22. The van der Waals surface area contributed by atoms with Crippen LogP contribution in [0.25, 0.3) is 5.69 Å². The van der Waals surface area contributed by atoms with Crippen LogP contribution < -0.4 is 5.32 Å². The summed E-state index contributed by atoms with van der Waals surface area (Å²) in [6.45, 7) is -0.222. The minimum Gasteiger partial charge on any atom is -0.392 e. The Hall–Kier alpha value is -3.13. The molecule has 7 nitrogen and oxygen atoms in total. The van der Waals surface area contributed by atoms with Crippen molar-refractivity contribution in [3.05, 3.63) is 66.0 Å². The average Bonchev–Trinajstić information content (AvgIpc) is 3.06. The molecule has 0 aliphatic rings. The van der Waals surface area contributed by atoms with Gasteiger partial charge in [0.1, 0.15) is 5.82 Å². The van der Waals surface area contributed by atoms with Crippen LogP contribution in [0.2, 0.25) is 0 Å². The number of nitrogens with zero attached hydrogens (tertiary/aromatic N) is 4. The quantitative estimate of drug-likeness (QED) is 0.762. The molecule has 2 aromatic heterocycles. The Morgan fingerprint density at radius 2 is 2.00 bits per heavy atom. The maximum absolute atomic E-state index is 12.9. The summed E-state index contributed by atoms with van der Waals surface area (Å²) in [5.41, 5.74) is 1.56. The molecule has 0 saturated heterocycles. The lowest BCUT2D eigenvalue weighted by atomic mass is 10.2. The molecule has 0 aliphatic carbocycles. The number of aliphatic hydroxyl groups is 1. The molecular weight excluding hydrogens is 301 g/mol. The van der Waals surface area contributed by atoms with Crippen LogP contribution in [0.3, 0.4) is 0 Å². The van der Waals surface area contributed by atoms with Crippen molar-refractivity contribution in [2.24, 2.45) is 0 Å². The zero-order valence-corrected chi connectivity index (χ0v) is 11.8. The van der Waals surface area contributed by atoms with E-state index in [1.54, 1.807) is 6.07 Å². The summed E-state index contributed by atoms with van der Waals surface area (Å²) in [4.78, 5) is 17.3. The molecular formula is C15H12FN5O2. The minimum absolute atomic E-state index is 0.0852. The zero-order valence-electron chi connectivity index (χ0n) is 11.8. The van der Waals surface area contributed by atoms with Gasteiger partial charge in [-0.1, -0.05) is 0 Å². The fourth-order valence-electron chi connectivity index (χ4n) is 1.93. The van der Waals surface area contributed by atoms with Crippen LogP contribution >= 0.6 is 0 Å². The topological polar surface area (TPSA) is 92.9 Å². The highest BCUT2D eigenvalue weighted by Crippen LogP contribution is 2.14.